The summed E-state index contributed by atoms with van der Waals surface area (Å²) in [6.45, 7) is 5.45. The number of aryl methyl sites for hydroxylation is 1. The molecule has 5 heteroatoms. The summed E-state index contributed by atoms with van der Waals surface area (Å²) in [5, 5.41) is 3.15. The minimum Gasteiger partial charge on any atom is -0.372 e. The molecule has 0 bridgehead atoms. The van der Waals surface area contributed by atoms with Crippen LogP contribution in [0.2, 0.25) is 0 Å². The summed E-state index contributed by atoms with van der Waals surface area (Å²) in [5.41, 5.74) is 3.75. The monoisotopic (exact) mass is 311 g/mol. The maximum Gasteiger partial charge on any atom is 0.147 e. The maximum absolute atomic E-state index is 4.51. The number of piperidine rings is 1. The molecule has 0 aromatic carbocycles. The van der Waals surface area contributed by atoms with Crippen LogP contribution < -0.4 is 5.32 Å². The Balaban J connectivity index is 1.63. The molecule has 1 atom stereocenters. The Kier molecular flexibility index (Phi) is 5.18. The molecule has 5 nitrogen and oxygen atoms in total. The molecule has 1 N–H and O–H groups in total. The molecule has 0 radical (unpaired) electrons. The fraction of sp³-hybridized carbons (Fsp3) is 0.500. The second-order valence-corrected chi connectivity index (χ2v) is 6.35. The van der Waals surface area contributed by atoms with Gasteiger partial charge in [0.2, 0.25) is 0 Å². The first-order valence-corrected chi connectivity index (χ1v) is 8.35. The molecule has 1 aliphatic rings. The third-order valence-electron chi connectivity index (χ3n) is 4.64. The summed E-state index contributed by atoms with van der Waals surface area (Å²) in [6.07, 6.45) is 10.9. The van der Waals surface area contributed by atoms with Crippen molar-refractivity contribution < 1.29 is 0 Å². The highest BCUT2D eigenvalue weighted by molar-refractivity contribution is 5.38. The minimum atomic E-state index is 0.643. The van der Waals surface area contributed by atoms with E-state index in [1.807, 2.05) is 19.4 Å². The number of pyridine rings is 1. The number of nitrogens with zero attached hydrogens (tertiary/aromatic N) is 4. The van der Waals surface area contributed by atoms with Gasteiger partial charge >= 0.3 is 0 Å². The van der Waals surface area contributed by atoms with Gasteiger partial charge in [-0.3, -0.25) is 14.9 Å². The molecular weight excluding hydrogens is 286 g/mol. The Labute approximate surface area is 138 Å². The van der Waals surface area contributed by atoms with Crippen molar-refractivity contribution >= 4 is 5.82 Å². The van der Waals surface area contributed by atoms with Crippen LogP contribution in [0.5, 0.6) is 0 Å². The van der Waals surface area contributed by atoms with Crippen LogP contribution in [-0.4, -0.2) is 40.0 Å². The molecule has 3 heterocycles. The van der Waals surface area contributed by atoms with Gasteiger partial charge in [-0.1, -0.05) is 0 Å². The molecule has 0 amide bonds. The Hall–Kier alpha value is -2.01. The predicted octanol–water partition coefficient (Wildman–Crippen LogP) is 2.68. The Bertz CT molecular complexity index is 643. The van der Waals surface area contributed by atoms with Crippen molar-refractivity contribution in [2.24, 2.45) is 5.92 Å². The van der Waals surface area contributed by atoms with E-state index in [-0.39, 0.29) is 0 Å². The van der Waals surface area contributed by atoms with Gasteiger partial charge in [0.15, 0.2) is 0 Å². The predicted molar refractivity (Wildman–Crippen MR) is 92.3 cm³/mol. The Morgan fingerprint density at radius 2 is 2.13 bits per heavy atom. The summed E-state index contributed by atoms with van der Waals surface area (Å²) in [4.78, 5) is 15.7. The van der Waals surface area contributed by atoms with Crippen molar-refractivity contribution in [3.8, 4) is 0 Å². The van der Waals surface area contributed by atoms with E-state index < -0.39 is 0 Å². The van der Waals surface area contributed by atoms with Crippen molar-refractivity contribution in [3.63, 3.8) is 0 Å². The molecule has 3 rings (SSSR count). The fourth-order valence-electron chi connectivity index (χ4n) is 3.36. The number of hydrogen-bond donors (Lipinski definition) is 1. The highest BCUT2D eigenvalue weighted by Crippen LogP contribution is 2.24. The minimum absolute atomic E-state index is 0.643. The van der Waals surface area contributed by atoms with Gasteiger partial charge in [0, 0.05) is 44.9 Å². The van der Waals surface area contributed by atoms with Gasteiger partial charge in [-0.2, -0.15) is 0 Å². The summed E-state index contributed by atoms with van der Waals surface area (Å²) in [7, 11) is 1.91. The lowest BCUT2D eigenvalue weighted by atomic mass is 9.92. The zero-order chi connectivity index (χ0) is 16.1. The smallest absolute Gasteiger partial charge is 0.147 e. The number of hydrogen-bond acceptors (Lipinski definition) is 5. The van der Waals surface area contributed by atoms with Crippen molar-refractivity contribution in [2.75, 3.05) is 25.5 Å². The van der Waals surface area contributed by atoms with Gasteiger partial charge in [-0.25, -0.2) is 4.98 Å². The van der Waals surface area contributed by atoms with Crippen LogP contribution in [0.4, 0.5) is 5.82 Å². The van der Waals surface area contributed by atoms with Gasteiger partial charge in [0.05, 0.1) is 5.69 Å². The molecule has 1 fully saturated rings. The lowest BCUT2D eigenvalue weighted by molar-refractivity contribution is 0.166. The fourth-order valence-corrected chi connectivity index (χ4v) is 3.36. The van der Waals surface area contributed by atoms with E-state index in [2.05, 4.69) is 38.2 Å². The number of aromatic nitrogens is 3. The van der Waals surface area contributed by atoms with Crippen LogP contribution in [-0.2, 0) is 13.0 Å². The Morgan fingerprint density at radius 1 is 1.26 bits per heavy atom. The first-order chi connectivity index (χ1) is 11.3. The zero-order valence-electron chi connectivity index (χ0n) is 14.0. The van der Waals surface area contributed by atoms with Crippen molar-refractivity contribution in [2.45, 2.75) is 32.7 Å². The van der Waals surface area contributed by atoms with E-state index in [0.29, 0.717) is 5.92 Å². The van der Waals surface area contributed by atoms with E-state index in [1.54, 1.807) is 12.4 Å². The van der Waals surface area contributed by atoms with E-state index in [4.69, 9.17) is 0 Å². The highest BCUT2D eigenvalue weighted by atomic mass is 15.1. The zero-order valence-corrected chi connectivity index (χ0v) is 14.0. The number of rotatable bonds is 5. The molecule has 1 unspecified atom stereocenters. The molecule has 2 aromatic heterocycles. The first-order valence-electron chi connectivity index (χ1n) is 8.35. The van der Waals surface area contributed by atoms with Crippen LogP contribution in [0, 0.1) is 12.8 Å². The second kappa shape index (κ2) is 7.51. The van der Waals surface area contributed by atoms with Gasteiger partial charge < -0.3 is 5.32 Å². The molecule has 1 saturated heterocycles. The standard InChI is InChI=1S/C18H25N5/c1-14-5-6-20-11-16(14)13-23-9-3-4-15(12-23)10-17-18(19-2)22-8-7-21-17/h5-8,11,15H,3-4,9-10,12-13H2,1-2H3,(H,19,22). The molecular formula is C18H25N5. The van der Waals surface area contributed by atoms with Gasteiger partial charge in [-0.15, -0.1) is 0 Å². The molecule has 0 spiro atoms. The van der Waals surface area contributed by atoms with Crippen molar-refractivity contribution in [1.29, 1.82) is 0 Å². The van der Waals surface area contributed by atoms with E-state index >= 15 is 0 Å². The summed E-state index contributed by atoms with van der Waals surface area (Å²) >= 11 is 0. The average molecular weight is 311 g/mol. The molecule has 0 aliphatic carbocycles. The van der Waals surface area contributed by atoms with Crippen molar-refractivity contribution in [3.05, 3.63) is 47.7 Å². The maximum atomic E-state index is 4.51. The SMILES string of the molecule is CNc1nccnc1CC1CCCN(Cc2cnccc2C)C1. The first kappa shape index (κ1) is 15.9. The van der Waals surface area contributed by atoms with Gasteiger partial charge in [0.25, 0.3) is 0 Å². The summed E-state index contributed by atoms with van der Waals surface area (Å²) in [6, 6.07) is 2.09. The van der Waals surface area contributed by atoms with Crippen LogP contribution in [0.25, 0.3) is 0 Å². The van der Waals surface area contributed by atoms with Gasteiger partial charge in [0.1, 0.15) is 5.82 Å². The number of likely N-dealkylation sites (tertiary alicyclic amines) is 1. The third-order valence-corrected chi connectivity index (χ3v) is 4.64. The van der Waals surface area contributed by atoms with E-state index in [0.717, 1.165) is 31.0 Å². The van der Waals surface area contributed by atoms with Crippen LogP contribution in [0.15, 0.2) is 30.9 Å². The van der Waals surface area contributed by atoms with Gasteiger partial charge in [-0.05, 0) is 55.8 Å². The largest absolute Gasteiger partial charge is 0.372 e. The van der Waals surface area contributed by atoms with E-state index in [1.165, 1.54) is 30.5 Å². The topological polar surface area (TPSA) is 53.9 Å². The Morgan fingerprint density at radius 3 is 2.96 bits per heavy atom. The molecule has 1 aliphatic heterocycles. The summed E-state index contributed by atoms with van der Waals surface area (Å²) in [5.74, 6) is 1.55. The van der Waals surface area contributed by atoms with Crippen LogP contribution in [0.3, 0.4) is 0 Å². The average Bonchev–Trinajstić information content (AvgIpc) is 2.58. The summed E-state index contributed by atoms with van der Waals surface area (Å²) < 4.78 is 0. The quantitative estimate of drug-likeness (QED) is 0.920. The van der Waals surface area contributed by atoms with E-state index in [9.17, 15) is 0 Å². The second-order valence-electron chi connectivity index (χ2n) is 6.35. The van der Waals surface area contributed by atoms with Crippen LogP contribution in [0.1, 0.15) is 29.7 Å². The molecule has 2 aromatic rings. The molecule has 122 valence electrons. The molecule has 23 heavy (non-hydrogen) atoms. The number of anilines is 1. The number of nitrogens with one attached hydrogen (secondary N) is 1. The lowest BCUT2D eigenvalue weighted by Gasteiger charge is -2.33. The normalized spacial score (nSPS) is 18.8. The third kappa shape index (κ3) is 4.05. The van der Waals surface area contributed by atoms with Crippen LogP contribution >= 0.6 is 0 Å². The molecule has 0 saturated carbocycles. The highest BCUT2D eigenvalue weighted by Gasteiger charge is 2.22. The van der Waals surface area contributed by atoms with Crippen molar-refractivity contribution in [1.82, 2.24) is 19.9 Å². The lowest BCUT2D eigenvalue weighted by Crippen LogP contribution is -2.36.